The number of methoxy groups -OCH3 is 1. The molecule has 2 N–H and O–H groups in total. The topological polar surface area (TPSA) is 48.1 Å². The van der Waals surface area contributed by atoms with Crippen LogP contribution in [0, 0.1) is 11.8 Å². The number of rotatable bonds is 4. The quantitative estimate of drug-likeness (QED) is 0.889. The summed E-state index contributed by atoms with van der Waals surface area (Å²) in [7, 11) is 1.67. The first-order chi connectivity index (χ1) is 8.74. The van der Waals surface area contributed by atoms with Crippen LogP contribution in [0.15, 0.2) is 18.5 Å². The molecule has 0 aromatic carbocycles. The minimum atomic E-state index is 0.0990. The number of aromatic nitrogens is 1. The molecule has 1 aliphatic carbocycles. The first-order valence-corrected chi connectivity index (χ1v) is 6.99. The van der Waals surface area contributed by atoms with Gasteiger partial charge in [0.15, 0.2) is 0 Å². The van der Waals surface area contributed by atoms with E-state index >= 15 is 0 Å². The van der Waals surface area contributed by atoms with E-state index in [2.05, 4.69) is 11.9 Å². The monoisotopic (exact) mass is 248 g/mol. The van der Waals surface area contributed by atoms with Crippen molar-refractivity contribution in [3.05, 3.63) is 24.0 Å². The summed E-state index contributed by atoms with van der Waals surface area (Å²) < 4.78 is 5.22. The normalized spacial score (nSPS) is 25.7. The molecule has 3 nitrogen and oxygen atoms in total. The van der Waals surface area contributed by atoms with E-state index in [0.717, 1.165) is 17.2 Å². The third-order valence-corrected chi connectivity index (χ3v) is 4.26. The number of ether oxygens (including phenoxy) is 1. The van der Waals surface area contributed by atoms with Crippen molar-refractivity contribution in [3.8, 4) is 5.75 Å². The molecule has 100 valence electrons. The zero-order chi connectivity index (χ0) is 13.0. The van der Waals surface area contributed by atoms with Crippen molar-refractivity contribution in [3.63, 3.8) is 0 Å². The van der Waals surface area contributed by atoms with Crippen LogP contribution >= 0.6 is 0 Å². The highest BCUT2D eigenvalue weighted by Gasteiger charge is 2.26. The van der Waals surface area contributed by atoms with Gasteiger partial charge in [-0.3, -0.25) is 4.98 Å². The zero-order valence-electron chi connectivity index (χ0n) is 11.4. The molecule has 1 saturated carbocycles. The lowest BCUT2D eigenvalue weighted by Gasteiger charge is -2.32. The lowest BCUT2D eigenvalue weighted by atomic mass is 9.75. The van der Waals surface area contributed by atoms with Gasteiger partial charge < -0.3 is 10.5 Å². The van der Waals surface area contributed by atoms with Gasteiger partial charge in [0.05, 0.1) is 13.3 Å². The summed E-state index contributed by atoms with van der Waals surface area (Å²) in [6, 6.07) is 2.12. The summed E-state index contributed by atoms with van der Waals surface area (Å²) in [5.74, 6) is 2.25. The van der Waals surface area contributed by atoms with Crippen LogP contribution in [0.3, 0.4) is 0 Å². The van der Waals surface area contributed by atoms with E-state index in [4.69, 9.17) is 10.5 Å². The van der Waals surface area contributed by atoms with Gasteiger partial charge >= 0.3 is 0 Å². The molecular formula is C15H24N2O. The maximum absolute atomic E-state index is 6.41. The maximum atomic E-state index is 6.41. The Morgan fingerprint density at radius 3 is 3.00 bits per heavy atom. The van der Waals surface area contributed by atoms with Gasteiger partial charge in [0.2, 0.25) is 0 Å². The summed E-state index contributed by atoms with van der Waals surface area (Å²) in [6.45, 7) is 2.28. The average Bonchev–Trinajstić information content (AvgIpc) is 2.46. The number of nitrogens with two attached hydrogens (primary N) is 1. The first-order valence-electron chi connectivity index (χ1n) is 6.99. The highest BCUT2D eigenvalue weighted by Crippen LogP contribution is 2.37. The van der Waals surface area contributed by atoms with Crippen molar-refractivity contribution in [1.82, 2.24) is 4.98 Å². The van der Waals surface area contributed by atoms with Gasteiger partial charge in [-0.25, -0.2) is 0 Å². The molecule has 3 atom stereocenters. The van der Waals surface area contributed by atoms with E-state index in [-0.39, 0.29) is 6.04 Å². The smallest absolute Gasteiger partial charge is 0.137 e. The molecule has 0 spiro atoms. The molecule has 2 rings (SSSR count). The summed E-state index contributed by atoms with van der Waals surface area (Å²) in [5, 5.41) is 0. The Labute approximate surface area is 110 Å². The zero-order valence-corrected chi connectivity index (χ0v) is 11.4. The van der Waals surface area contributed by atoms with Crippen LogP contribution in [-0.2, 0) is 0 Å². The molecule has 0 saturated heterocycles. The lowest BCUT2D eigenvalue weighted by molar-refractivity contribution is 0.230. The van der Waals surface area contributed by atoms with E-state index in [1.54, 1.807) is 13.3 Å². The van der Waals surface area contributed by atoms with E-state index in [1.807, 2.05) is 12.3 Å². The predicted molar refractivity (Wildman–Crippen MR) is 73.5 cm³/mol. The molecule has 1 aliphatic rings. The van der Waals surface area contributed by atoms with Crippen molar-refractivity contribution in [2.24, 2.45) is 17.6 Å². The first kappa shape index (κ1) is 13.3. The van der Waals surface area contributed by atoms with Crippen LogP contribution in [0.2, 0.25) is 0 Å². The Kier molecular flexibility index (Phi) is 4.59. The van der Waals surface area contributed by atoms with Crippen molar-refractivity contribution in [1.29, 1.82) is 0 Å². The van der Waals surface area contributed by atoms with Gasteiger partial charge in [-0.1, -0.05) is 26.2 Å². The second-order valence-corrected chi connectivity index (χ2v) is 5.38. The largest absolute Gasteiger partial charge is 0.495 e. The third kappa shape index (κ3) is 3.02. The van der Waals surface area contributed by atoms with Crippen molar-refractivity contribution in [2.45, 2.75) is 45.1 Å². The standard InChI is InChI=1S/C15H24N2O/c1-3-11-5-4-6-12(7-11)15(16)13-8-14(18-2)10-17-9-13/h8-12,15H,3-7,16H2,1-2H3. The molecule has 1 aromatic heterocycles. The highest BCUT2D eigenvalue weighted by molar-refractivity contribution is 5.26. The minimum absolute atomic E-state index is 0.0990. The van der Waals surface area contributed by atoms with E-state index in [1.165, 1.54) is 32.1 Å². The SMILES string of the molecule is CCC1CCCC(C(N)c2cncc(OC)c2)C1. The fraction of sp³-hybridized carbons (Fsp3) is 0.667. The van der Waals surface area contributed by atoms with Crippen molar-refractivity contribution in [2.75, 3.05) is 7.11 Å². The molecule has 1 heterocycles. The van der Waals surface area contributed by atoms with Crippen LogP contribution in [0.4, 0.5) is 0 Å². The molecule has 0 bridgehead atoms. The summed E-state index contributed by atoms with van der Waals surface area (Å²) in [6.07, 6.45) is 10.1. The molecule has 18 heavy (non-hydrogen) atoms. The molecular weight excluding hydrogens is 224 g/mol. The van der Waals surface area contributed by atoms with Gasteiger partial charge in [0.1, 0.15) is 5.75 Å². The number of pyridine rings is 1. The maximum Gasteiger partial charge on any atom is 0.137 e. The molecule has 0 radical (unpaired) electrons. The highest BCUT2D eigenvalue weighted by atomic mass is 16.5. The second kappa shape index (κ2) is 6.19. The summed E-state index contributed by atoms with van der Waals surface area (Å²) in [5.41, 5.74) is 7.52. The van der Waals surface area contributed by atoms with Crippen molar-refractivity contribution < 1.29 is 4.74 Å². The number of hydrogen-bond donors (Lipinski definition) is 1. The lowest BCUT2D eigenvalue weighted by Crippen LogP contribution is -2.27. The Bertz CT molecular complexity index is 381. The predicted octanol–water partition coefficient (Wildman–Crippen LogP) is 3.31. The van der Waals surface area contributed by atoms with Gasteiger partial charge in [-0.15, -0.1) is 0 Å². The van der Waals surface area contributed by atoms with E-state index in [0.29, 0.717) is 5.92 Å². The molecule has 1 fully saturated rings. The van der Waals surface area contributed by atoms with E-state index < -0.39 is 0 Å². The van der Waals surface area contributed by atoms with Crippen LogP contribution in [0.5, 0.6) is 5.75 Å². The van der Waals surface area contributed by atoms with Gasteiger partial charge in [-0.2, -0.15) is 0 Å². The van der Waals surface area contributed by atoms with Gasteiger partial charge in [-0.05, 0) is 36.3 Å². The Morgan fingerprint density at radius 2 is 2.28 bits per heavy atom. The minimum Gasteiger partial charge on any atom is -0.495 e. The van der Waals surface area contributed by atoms with E-state index in [9.17, 15) is 0 Å². The summed E-state index contributed by atoms with van der Waals surface area (Å²) in [4.78, 5) is 4.21. The van der Waals surface area contributed by atoms with Crippen LogP contribution in [0.1, 0.15) is 50.6 Å². The summed E-state index contributed by atoms with van der Waals surface area (Å²) >= 11 is 0. The van der Waals surface area contributed by atoms with Crippen LogP contribution in [0.25, 0.3) is 0 Å². The molecule has 1 aromatic rings. The molecule has 0 aliphatic heterocycles. The van der Waals surface area contributed by atoms with Crippen LogP contribution < -0.4 is 10.5 Å². The Hall–Kier alpha value is -1.09. The fourth-order valence-electron chi connectivity index (χ4n) is 3.03. The van der Waals surface area contributed by atoms with Gasteiger partial charge in [0, 0.05) is 12.2 Å². The second-order valence-electron chi connectivity index (χ2n) is 5.38. The average molecular weight is 248 g/mol. The van der Waals surface area contributed by atoms with Crippen LogP contribution in [-0.4, -0.2) is 12.1 Å². The van der Waals surface area contributed by atoms with Gasteiger partial charge in [0.25, 0.3) is 0 Å². The molecule has 0 amide bonds. The third-order valence-electron chi connectivity index (χ3n) is 4.26. The Balaban J connectivity index is 2.07. The molecule has 3 unspecified atom stereocenters. The van der Waals surface area contributed by atoms with Crippen molar-refractivity contribution >= 4 is 0 Å². The molecule has 3 heteroatoms. The fourth-order valence-corrected chi connectivity index (χ4v) is 3.03. The number of nitrogens with zero attached hydrogens (tertiary/aromatic N) is 1. The Morgan fingerprint density at radius 1 is 1.44 bits per heavy atom. The number of hydrogen-bond acceptors (Lipinski definition) is 3.